The van der Waals surface area contributed by atoms with Gasteiger partial charge in [0, 0.05) is 6.20 Å². The number of alkyl halides is 3. The molecule has 0 atom stereocenters. The molecule has 0 bridgehead atoms. The largest absolute Gasteiger partial charge is 0.573 e. The van der Waals surface area contributed by atoms with E-state index in [9.17, 15) is 23.5 Å². The summed E-state index contributed by atoms with van der Waals surface area (Å²) in [6.45, 7) is 7.24. The molecule has 0 aliphatic heterocycles. The average molecular weight is 357 g/mol. The number of rotatable bonds is 3. The highest BCUT2D eigenvalue weighted by atomic mass is 19.4. The first kappa shape index (κ1) is 17.2. The van der Waals surface area contributed by atoms with E-state index in [1.807, 2.05) is 6.07 Å². The highest BCUT2D eigenvalue weighted by Crippen LogP contribution is 2.34. The van der Waals surface area contributed by atoms with E-state index in [-0.39, 0.29) is 29.4 Å². The topological polar surface area (TPSA) is 62.5 Å². The Labute approximate surface area is 145 Å². The molecule has 1 aromatic heterocycles. The van der Waals surface area contributed by atoms with Crippen molar-refractivity contribution < 1.29 is 23.0 Å². The van der Waals surface area contributed by atoms with Crippen LogP contribution in [0.25, 0.3) is 15.6 Å². The zero-order chi connectivity index (χ0) is 18.9. The summed E-state index contributed by atoms with van der Waals surface area (Å²) < 4.78 is 41.8. The van der Waals surface area contributed by atoms with Gasteiger partial charge < -0.3 is 14.4 Å². The van der Waals surface area contributed by atoms with Gasteiger partial charge >= 0.3 is 6.36 Å². The monoisotopic (exact) mass is 357 g/mol. The fourth-order valence-electron chi connectivity index (χ4n) is 2.64. The third kappa shape index (κ3) is 3.40. The van der Waals surface area contributed by atoms with Gasteiger partial charge in [0.25, 0.3) is 0 Å². The first-order valence-corrected chi connectivity index (χ1v) is 7.29. The van der Waals surface area contributed by atoms with E-state index in [0.717, 1.165) is 0 Å². The third-order valence-corrected chi connectivity index (χ3v) is 3.70. The van der Waals surface area contributed by atoms with Crippen LogP contribution in [0.15, 0.2) is 42.6 Å². The van der Waals surface area contributed by atoms with Crippen LogP contribution >= 0.6 is 0 Å². The highest BCUT2D eigenvalue weighted by molar-refractivity contribution is 5.95. The van der Waals surface area contributed by atoms with E-state index < -0.39 is 6.36 Å². The van der Waals surface area contributed by atoms with Gasteiger partial charge in [0.15, 0.2) is 5.69 Å². The smallest absolute Gasteiger partial charge is 0.494 e. The Kier molecular flexibility index (Phi) is 4.19. The van der Waals surface area contributed by atoms with Crippen molar-refractivity contribution >= 4 is 16.5 Å². The number of hydrogen-bond acceptors (Lipinski definition) is 3. The summed E-state index contributed by atoms with van der Waals surface area (Å²) in [5.74, 6) is -0.486. The Hall–Kier alpha value is -3.65. The van der Waals surface area contributed by atoms with Gasteiger partial charge in [0.1, 0.15) is 5.75 Å². The molecule has 2 aromatic carbocycles. The average Bonchev–Trinajstić information content (AvgIpc) is 2.90. The zero-order valence-electron chi connectivity index (χ0n) is 13.1. The molecule has 1 heterocycles. The Morgan fingerprint density at radius 1 is 1.23 bits per heavy atom. The maximum Gasteiger partial charge on any atom is 0.573 e. The highest BCUT2D eigenvalue weighted by Gasteiger charge is 2.30. The molecule has 0 unspecified atom stereocenters. The van der Waals surface area contributed by atoms with Gasteiger partial charge in [-0.1, -0.05) is 12.1 Å². The summed E-state index contributed by atoms with van der Waals surface area (Å²) in [5.41, 5.74) is 1.08. The van der Waals surface area contributed by atoms with E-state index in [4.69, 9.17) is 6.57 Å². The molecule has 0 amide bonds. The van der Waals surface area contributed by atoms with Crippen LogP contribution in [0.2, 0.25) is 0 Å². The van der Waals surface area contributed by atoms with Crippen LogP contribution in [0.4, 0.5) is 18.9 Å². The lowest BCUT2D eigenvalue weighted by Crippen LogP contribution is -2.17. The molecule has 0 saturated heterocycles. The first-order chi connectivity index (χ1) is 12.3. The standard InChI is InChI=1S/C18H10F3N3O2/c1-23-14-6-12(8-22)16-13(7-14)10-24(17(16)25)9-11-2-4-15(5-3-11)26-18(19,20)21/h2-7,10,25H,9H2. The zero-order valence-corrected chi connectivity index (χ0v) is 13.1. The lowest BCUT2D eigenvalue weighted by molar-refractivity contribution is -0.274. The van der Waals surface area contributed by atoms with Crippen molar-refractivity contribution in [1.29, 1.82) is 5.26 Å². The molecule has 3 aromatic rings. The number of fused-ring (bicyclic) bond motifs is 1. The summed E-state index contributed by atoms with van der Waals surface area (Å²) in [4.78, 5) is 3.29. The van der Waals surface area contributed by atoms with E-state index in [1.165, 1.54) is 34.9 Å². The Balaban J connectivity index is 1.93. The van der Waals surface area contributed by atoms with Gasteiger partial charge in [-0.2, -0.15) is 5.26 Å². The van der Waals surface area contributed by atoms with Gasteiger partial charge in [0.2, 0.25) is 5.88 Å². The van der Waals surface area contributed by atoms with Crippen molar-refractivity contribution in [2.24, 2.45) is 0 Å². The fraction of sp³-hybridized carbons (Fsp3) is 0.111. The second kappa shape index (κ2) is 6.34. The van der Waals surface area contributed by atoms with Crippen LogP contribution in [0.1, 0.15) is 11.1 Å². The molecule has 0 radical (unpaired) electrons. The quantitative estimate of drug-likeness (QED) is 0.690. The van der Waals surface area contributed by atoms with Crippen molar-refractivity contribution in [1.82, 2.24) is 4.57 Å². The number of ether oxygens (including phenoxy) is 1. The molecule has 3 rings (SSSR count). The van der Waals surface area contributed by atoms with Crippen molar-refractivity contribution in [2.75, 3.05) is 0 Å². The minimum Gasteiger partial charge on any atom is -0.494 e. The summed E-state index contributed by atoms with van der Waals surface area (Å²) >= 11 is 0. The number of hydrogen-bond donors (Lipinski definition) is 1. The minimum absolute atomic E-state index is 0.149. The molecule has 0 saturated carbocycles. The van der Waals surface area contributed by atoms with Gasteiger partial charge in [-0.05, 0) is 35.2 Å². The lowest BCUT2D eigenvalue weighted by atomic mass is 10.1. The van der Waals surface area contributed by atoms with Crippen molar-refractivity contribution in [2.45, 2.75) is 12.9 Å². The van der Waals surface area contributed by atoms with Crippen molar-refractivity contribution in [3.05, 3.63) is 65.1 Å². The molecule has 0 spiro atoms. The second-order valence-corrected chi connectivity index (χ2v) is 5.45. The van der Waals surface area contributed by atoms with Gasteiger partial charge in [0.05, 0.1) is 30.1 Å². The number of nitriles is 1. The van der Waals surface area contributed by atoms with Crippen LogP contribution < -0.4 is 4.74 Å². The van der Waals surface area contributed by atoms with Crippen LogP contribution in [-0.2, 0) is 6.54 Å². The van der Waals surface area contributed by atoms with E-state index in [1.54, 1.807) is 12.3 Å². The summed E-state index contributed by atoms with van der Waals surface area (Å²) in [6, 6.07) is 10.2. The van der Waals surface area contributed by atoms with E-state index in [0.29, 0.717) is 16.3 Å². The SMILES string of the molecule is [C-]#[N+]c1cc(C#N)c2c(O)n(Cc3ccc(OC(F)(F)F)cc3)cc2c1. The van der Waals surface area contributed by atoms with Crippen LogP contribution in [0, 0.1) is 17.9 Å². The number of benzene rings is 2. The van der Waals surface area contributed by atoms with Crippen molar-refractivity contribution in [3.8, 4) is 17.7 Å². The van der Waals surface area contributed by atoms with E-state index >= 15 is 0 Å². The minimum atomic E-state index is -4.76. The van der Waals surface area contributed by atoms with E-state index in [2.05, 4.69) is 9.58 Å². The molecule has 1 N–H and O–H groups in total. The molecule has 5 nitrogen and oxygen atoms in total. The number of aromatic nitrogens is 1. The normalized spacial score (nSPS) is 11.1. The second-order valence-electron chi connectivity index (χ2n) is 5.45. The van der Waals surface area contributed by atoms with Crippen LogP contribution in [0.5, 0.6) is 11.6 Å². The van der Waals surface area contributed by atoms with Crippen LogP contribution in [0.3, 0.4) is 0 Å². The lowest BCUT2D eigenvalue weighted by Gasteiger charge is -2.10. The van der Waals surface area contributed by atoms with Gasteiger partial charge in [-0.15, -0.1) is 13.2 Å². The predicted octanol–water partition coefficient (Wildman–Crippen LogP) is 4.72. The Morgan fingerprint density at radius 3 is 2.50 bits per heavy atom. The number of halogens is 3. The summed E-state index contributed by atoms with van der Waals surface area (Å²) in [7, 11) is 0. The maximum absolute atomic E-state index is 12.2. The number of aromatic hydroxyl groups is 1. The molecule has 8 heteroatoms. The molecular formula is C18H10F3N3O2. The number of nitrogens with zero attached hydrogens (tertiary/aromatic N) is 3. The Bertz CT molecular complexity index is 1050. The maximum atomic E-state index is 12.2. The van der Waals surface area contributed by atoms with Crippen LogP contribution in [-0.4, -0.2) is 16.0 Å². The predicted molar refractivity (Wildman–Crippen MR) is 86.8 cm³/mol. The molecule has 0 aliphatic carbocycles. The van der Waals surface area contributed by atoms with Gasteiger partial charge in [-0.3, -0.25) is 0 Å². The summed E-state index contributed by atoms with van der Waals surface area (Å²) in [5, 5.41) is 20.5. The molecule has 0 aliphatic rings. The van der Waals surface area contributed by atoms with Crippen molar-refractivity contribution in [3.63, 3.8) is 0 Å². The molecule has 130 valence electrons. The van der Waals surface area contributed by atoms with Gasteiger partial charge in [-0.25, -0.2) is 4.85 Å². The third-order valence-electron chi connectivity index (χ3n) is 3.70. The Morgan fingerprint density at radius 2 is 1.92 bits per heavy atom. The summed E-state index contributed by atoms with van der Waals surface area (Å²) in [6.07, 6.45) is -3.17. The molecule has 0 fully saturated rings. The molecular weight excluding hydrogens is 347 g/mol. The molecule has 26 heavy (non-hydrogen) atoms. The first-order valence-electron chi connectivity index (χ1n) is 7.29. The fourth-order valence-corrected chi connectivity index (χ4v) is 2.64.